The highest BCUT2D eigenvalue weighted by Gasteiger charge is 2.06. The average molecular weight is 418 g/mol. The van der Waals surface area contributed by atoms with Gasteiger partial charge in [0, 0.05) is 40.5 Å². The van der Waals surface area contributed by atoms with Gasteiger partial charge in [0.2, 0.25) is 0 Å². The number of rotatable bonds is 7. The van der Waals surface area contributed by atoms with E-state index in [4.69, 9.17) is 16.3 Å². The predicted octanol–water partition coefficient (Wildman–Crippen LogP) is 5.37. The third kappa shape index (κ3) is 5.56. The Kier molecular flexibility index (Phi) is 6.45. The summed E-state index contributed by atoms with van der Waals surface area (Å²) in [5.41, 5.74) is 3.34. The van der Waals surface area contributed by atoms with Crippen molar-refractivity contribution in [2.75, 3.05) is 0 Å². The van der Waals surface area contributed by atoms with Gasteiger partial charge in [-0.05, 0) is 47.5 Å². The monoisotopic (exact) mass is 416 g/mol. The number of hydrogen-bond donors (Lipinski definition) is 1. The fourth-order valence-corrected chi connectivity index (χ4v) is 2.95. The minimum Gasteiger partial charge on any atom is -0.489 e. The van der Waals surface area contributed by atoms with Crippen LogP contribution in [0, 0.1) is 0 Å². The van der Waals surface area contributed by atoms with Gasteiger partial charge in [0.1, 0.15) is 12.4 Å². The van der Waals surface area contributed by atoms with Crippen LogP contribution in [0.25, 0.3) is 0 Å². The van der Waals surface area contributed by atoms with Gasteiger partial charge in [-0.15, -0.1) is 0 Å². The Hall–Kier alpha value is -1.88. The number of nitrogens with one attached hydrogen (secondary N) is 1. The first kappa shape index (κ1) is 17.9. The van der Waals surface area contributed by atoms with Gasteiger partial charge in [-0.1, -0.05) is 45.7 Å². The number of aromatic nitrogens is 1. The molecule has 3 nitrogen and oxygen atoms in total. The molecule has 2 aromatic carbocycles. The largest absolute Gasteiger partial charge is 0.489 e. The maximum Gasteiger partial charge on any atom is 0.124 e. The summed E-state index contributed by atoms with van der Waals surface area (Å²) in [6, 6.07) is 17.7. The smallest absolute Gasteiger partial charge is 0.124 e. The number of hydrogen-bond acceptors (Lipinski definition) is 3. The molecular formula is C20H18BrClN2O. The Morgan fingerprint density at radius 2 is 1.84 bits per heavy atom. The lowest BCUT2D eigenvalue weighted by Crippen LogP contribution is -2.13. The van der Waals surface area contributed by atoms with E-state index in [2.05, 4.69) is 38.4 Å². The minimum atomic E-state index is 0.508. The van der Waals surface area contributed by atoms with Crippen molar-refractivity contribution < 1.29 is 4.74 Å². The van der Waals surface area contributed by atoms with E-state index < -0.39 is 0 Å². The first-order valence-corrected chi connectivity index (χ1v) is 9.13. The fraction of sp³-hybridized carbons (Fsp3) is 0.150. The zero-order valence-electron chi connectivity index (χ0n) is 13.6. The molecule has 1 heterocycles. The molecule has 0 aliphatic rings. The van der Waals surface area contributed by atoms with Crippen LogP contribution < -0.4 is 10.1 Å². The number of pyridine rings is 1. The molecule has 0 spiro atoms. The first-order valence-electron chi connectivity index (χ1n) is 7.96. The number of nitrogens with zero attached hydrogens (tertiary/aromatic N) is 1. The molecule has 3 aromatic rings. The minimum absolute atomic E-state index is 0.508. The maximum atomic E-state index is 6.00. The number of ether oxygens (including phenoxy) is 1. The normalized spacial score (nSPS) is 10.6. The van der Waals surface area contributed by atoms with E-state index in [1.54, 1.807) is 6.20 Å². The van der Waals surface area contributed by atoms with Crippen LogP contribution in [0.5, 0.6) is 5.75 Å². The SMILES string of the molecule is Clc1ccc(COc2ccc(Br)cc2CNCc2cccnc2)cc1. The Morgan fingerprint density at radius 3 is 2.60 bits per heavy atom. The van der Waals surface area contributed by atoms with Crippen LogP contribution in [0.15, 0.2) is 71.5 Å². The van der Waals surface area contributed by atoms with Crippen molar-refractivity contribution in [1.82, 2.24) is 10.3 Å². The van der Waals surface area contributed by atoms with Gasteiger partial charge in [-0.2, -0.15) is 0 Å². The van der Waals surface area contributed by atoms with Crippen LogP contribution in [-0.4, -0.2) is 4.98 Å². The van der Waals surface area contributed by atoms with E-state index in [1.807, 2.05) is 48.7 Å². The molecule has 0 aliphatic heterocycles. The van der Waals surface area contributed by atoms with Gasteiger partial charge < -0.3 is 10.1 Å². The summed E-state index contributed by atoms with van der Waals surface area (Å²) in [6.07, 6.45) is 3.65. The van der Waals surface area contributed by atoms with Crippen molar-refractivity contribution in [3.05, 3.63) is 93.2 Å². The molecule has 128 valence electrons. The van der Waals surface area contributed by atoms with Crippen molar-refractivity contribution in [2.45, 2.75) is 19.7 Å². The van der Waals surface area contributed by atoms with Crippen LogP contribution in [-0.2, 0) is 19.7 Å². The topological polar surface area (TPSA) is 34.1 Å². The molecular weight excluding hydrogens is 400 g/mol. The summed E-state index contributed by atoms with van der Waals surface area (Å²) < 4.78 is 7.04. The summed E-state index contributed by atoms with van der Waals surface area (Å²) in [5, 5.41) is 4.16. The lowest BCUT2D eigenvalue weighted by Gasteiger charge is -2.13. The van der Waals surface area contributed by atoms with Crippen molar-refractivity contribution in [3.8, 4) is 5.75 Å². The molecule has 1 aromatic heterocycles. The molecule has 0 radical (unpaired) electrons. The van der Waals surface area contributed by atoms with Gasteiger partial charge in [-0.25, -0.2) is 0 Å². The molecule has 25 heavy (non-hydrogen) atoms. The number of benzene rings is 2. The van der Waals surface area contributed by atoms with Crippen LogP contribution in [0.1, 0.15) is 16.7 Å². The van der Waals surface area contributed by atoms with E-state index in [0.717, 1.165) is 38.5 Å². The highest BCUT2D eigenvalue weighted by molar-refractivity contribution is 9.10. The molecule has 0 saturated heterocycles. The molecule has 0 bridgehead atoms. The average Bonchev–Trinajstić information content (AvgIpc) is 2.63. The summed E-state index contributed by atoms with van der Waals surface area (Å²) in [7, 11) is 0. The predicted molar refractivity (Wildman–Crippen MR) is 105 cm³/mol. The number of halogens is 2. The van der Waals surface area contributed by atoms with Crippen LogP contribution >= 0.6 is 27.5 Å². The summed E-state index contributed by atoms with van der Waals surface area (Å²) in [5.74, 6) is 0.872. The molecule has 5 heteroatoms. The Morgan fingerprint density at radius 1 is 1.00 bits per heavy atom. The van der Waals surface area contributed by atoms with Crippen LogP contribution in [0.3, 0.4) is 0 Å². The summed E-state index contributed by atoms with van der Waals surface area (Å²) in [4.78, 5) is 4.13. The second-order valence-corrected chi connectivity index (χ2v) is 6.98. The van der Waals surface area contributed by atoms with Gasteiger partial charge in [0.15, 0.2) is 0 Å². The zero-order chi connectivity index (χ0) is 17.5. The maximum absolute atomic E-state index is 6.00. The Bertz CT molecular complexity index is 810. The molecule has 0 fully saturated rings. The van der Waals surface area contributed by atoms with Crippen molar-refractivity contribution in [3.63, 3.8) is 0 Å². The molecule has 1 N–H and O–H groups in total. The highest BCUT2D eigenvalue weighted by Crippen LogP contribution is 2.24. The molecule has 0 aliphatic carbocycles. The van der Waals surface area contributed by atoms with E-state index in [9.17, 15) is 0 Å². The Balaban J connectivity index is 1.62. The quantitative estimate of drug-likeness (QED) is 0.561. The molecule has 0 unspecified atom stereocenters. The third-order valence-electron chi connectivity index (χ3n) is 3.70. The molecule has 3 rings (SSSR count). The van der Waals surface area contributed by atoms with Crippen LogP contribution in [0.4, 0.5) is 0 Å². The summed E-state index contributed by atoms with van der Waals surface area (Å²) in [6.45, 7) is 1.98. The van der Waals surface area contributed by atoms with Crippen molar-refractivity contribution >= 4 is 27.5 Å². The van der Waals surface area contributed by atoms with E-state index >= 15 is 0 Å². The zero-order valence-corrected chi connectivity index (χ0v) is 15.9. The van der Waals surface area contributed by atoms with E-state index in [1.165, 1.54) is 0 Å². The highest BCUT2D eigenvalue weighted by atomic mass is 79.9. The third-order valence-corrected chi connectivity index (χ3v) is 4.44. The van der Waals surface area contributed by atoms with Gasteiger partial charge in [-0.3, -0.25) is 4.98 Å². The van der Waals surface area contributed by atoms with E-state index in [0.29, 0.717) is 13.2 Å². The molecule has 0 amide bonds. The van der Waals surface area contributed by atoms with Gasteiger partial charge in [0.05, 0.1) is 0 Å². The van der Waals surface area contributed by atoms with Gasteiger partial charge in [0.25, 0.3) is 0 Å². The second-order valence-electron chi connectivity index (χ2n) is 5.63. The molecule has 0 atom stereocenters. The van der Waals surface area contributed by atoms with Crippen LogP contribution in [0.2, 0.25) is 5.02 Å². The van der Waals surface area contributed by atoms with Crippen molar-refractivity contribution in [2.24, 2.45) is 0 Å². The van der Waals surface area contributed by atoms with E-state index in [-0.39, 0.29) is 0 Å². The van der Waals surface area contributed by atoms with Crippen molar-refractivity contribution in [1.29, 1.82) is 0 Å². The fourth-order valence-electron chi connectivity index (χ4n) is 2.41. The summed E-state index contributed by atoms with van der Waals surface area (Å²) >= 11 is 9.45. The Labute approximate surface area is 161 Å². The van der Waals surface area contributed by atoms with Gasteiger partial charge >= 0.3 is 0 Å². The lowest BCUT2D eigenvalue weighted by atomic mass is 10.2. The standard InChI is InChI=1S/C20H18BrClN2O/c21-18-5-8-20(25-14-15-3-6-19(22)7-4-15)17(10-18)13-24-12-16-2-1-9-23-11-16/h1-11,24H,12-14H2. The second kappa shape index (κ2) is 8.99. The molecule has 0 saturated carbocycles. The first-order chi connectivity index (χ1) is 12.2. The lowest BCUT2D eigenvalue weighted by molar-refractivity contribution is 0.302.